The van der Waals surface area contributed by atoms with Gasteiger partial charge in [0.15, 0.2) is 5.78 Å². The highest BCUT2D eigenvalue weighted by Crippen LogP contribution is 2.13. The normalized spacial score (nSPS) is 10.8. The number of carbonyl (C=O) groups is 2. The Balaban J connectivity index is 1.98. The van der Waals surface area contributed by atoms with E-state index in [0.29, 0.717) is 5.56 Å². The third kappa shape index (κ3) is 3.39. The summed E-state index contributed by atoms with van der Waals surface area (Å²) in [5, 5.41) is 15.6. The lowest BCUT2D eigenvalue weighted by Gasteiger charge is -2.11. The predicted octanol–water partition coefficient (Wildman–Crippen LogP) is 1.60. The molecule has 2 aromatic carbocycles. The van der Waals surface area contributed by atoms with Gasteiger partial charge in [0.2, 0.25) is 0 Å². The first-order chi connectivity index (χ1) is 12.5. The third-order valence-corrected chi connectivity index (χ3v) is 4.17. The molecule has 1 heterocycles. The molecule has 0 radical (unpaired) electrons. The van der Waals surface area contributed by atoms with E-state index in [1.165, 1.54) is 12.1 Å². The lowest BCUT2D eigenvalue weighted by Crippen LogP contribution is -2.32. The molecule has 0 atom stereocenters. The first-order valence-corrected chi connectivity index (χ1v) is 8.34. The molecule has 0 amide bonds. The van der Waals surface area contributed by atoms with Crippen molar-refractivity contribution in [3.8, 4) is 0 Å². The molecule has 0 aliphatic heterocycles. The molecular weight excluding hydrogens is 332 g/mol. The number of aromatic nitrogens is 2. The molecule has 0 aliphatic carbocycles. The lowest BCUT2D eigenvalue weighted by atomic mass is 10.1. The highest BCUT2D eigenvalue weighted by molar-refractivity contribution is 6.00. The van der Waals surface area contributed by atoms with E-state index in [9.17, 15) is 19.5 Å². The number of fused-ring (bicyclic) bond motifs is 1. The van der Waals surface area contributed by atoms with E-state index < -0.39 is 11.5 Å². The summed E-state index contributed by atoms with van der Waals surface area (Å²) in [7, 11) is 0. The van der Waals surface area contributed by atoms with Gasteiger partial charge in [0.25, 0.3) is 5.56 Å². The van der Waals surface area contributed by atoms with E-state index >= 15 is 0 Å². The van der Waals surface area contributed by atoms with Gasteiger partial charge < -0.3 is 9.90 Å². The van der Waals surface area contributed by atoms with Gasteiger partial charge in [-0.1, -0.05) is 55.8 Å². The molecular formula is C20H17N2O4-. The Kier molecular flexibility index (Phi) is 4.93. The number of hydrogen-bond acceptors (Lipinski definition) is 5. The predicted molar refractivity (Wildman–Crippen MR) is 95.1 cm³/mol. The maximum Gasteiger partial charge on any atom is 0.275 e. The van der Waals surface area contributed by atoms with Crippen molar-refractivity contribution in [1.29, 1.82) is 0 Å². The number of carboxylic acids is 1. The minimum absolute atomic E-state index is 0.188. The van der Waals surface area contributed by atoms with E-state index in [1.807, 2.05) is 12.1 Å². The molecule has 132 valence electrons. The number of benzene rings is 2. The molecule has 3 aromatic rings. The summed E-state index contributed by atoms with van der Waals surface area (Å²) in [6.45, 7) is 1.74. The number of carbonyl (C=O) groups excluding carboxylic acids is 2. The molecule has 0 spiro atoms. The molecule has 6 nitrogen and oxygen atoms in total. The Labute approximate surface area is 149 Å². The molecule has 0 saturated heterocycles. The summed E-state index contributed by atoms with van der Waals surface area (Å²) in [6, 6.07) is 13.4. The minimum Gasteiger partial charge on any atom is -0.543 e. The average molecular weight is 349 g/mol. The van der Waals surface area contributed by atoms with Crippen molar-refractivity contribution in [2.75, 3.05) is 0 Å². The van der Waals surface area contributed by atoms with Crippen molar-refractivity contribution in [2.24, 2.45) is 0 Å². The van der Waals surface area contributed by atoms with Crippen molar-refractivity contribution < 1.29 is 14.7 Å². The van der Waals surface area contributed by atoms with Crippen LogP contribution >= 0.6 is 0 Å². The van der Waals surface area contributed by atoms with E-state index in [2.05, 4.69) is 12.0 Å². The van der Waals surface area contributed by atoms with Crippen LogP contribution in [0.2, 0.25) is 0 Å². The fourth-order valence-electron chi connectivity index (χ4n) is 2.87. The second-order valence-corrected chi connectivity index (χ2v) is 6.01. The average Bonchev–Trinajstić information content (AvgIpc) is 2.64. The van der Waals surface area contributed by atoms with Crippen LogP contribution in [0.1, 0.15) is 39.8 Å². The van der Waals surface area contributed by atoms with Crippen LogP contribution in [0.5, 0.6) is 0 Å². The van der Waals surface area contributed by atoms with E-state index in [1.54, 1.807) is 24.3 Å². The second-order valence-electron chi connectivity index (χ2n) is 6.01. The SMILES string of the molecule is CCCc1ccc(C(=O)Cn2nc(C(=O)[O-])c3ccccc3c2=O)cc1. The third-order valence-electron chi connectivity index (χ3n) is 4.17. The molecule has 26 heavy (non-hydrogen) atoms. The number of nitrogens with zero attached hydrogens (tertiary/aromatic N) is 2. The maximum absolute atomic E-state index is 12.5. The Morgan fingerprint density at radius 1 is 1.04 bits per heavy atom. The van der Waals surface area contributed by atoms with Crippen LogP contribution in [-0.2, 0) is 13.0 Å². The number of aromatic carboxylic acids is 1. The molecule has 0 N–H and O–H groups in total. The monoisotopic (exact) mass is 349 g/mol. The zero-order valence-electron chi connectivity index (χ0n) is 14.3. The zero-order chi connectivity index (χ0) is 18.7. The summed E-state index contributed by atoms with van der Waals surface area (Å²) in [5.74, 6) is -1.81. The quantitative estimate of drug-likeness (QED) is 0.630. The summed E-state index contributed by atoms with van der Waals surface area (Å²) in [4.78, 5) is 36.4. The van der Waals surface area contributed by atoms with Gasteiger partial charge in [0.05, 0.1) is 11.4 Å². The standard InChI is InChI=1S/C20H18N2O4/c1-2-5-13-8-10-14(11-9-13)17(23)12-22-19(24)16-7-4-3-6-15(16)18(21-22)20(25)26/h3-4,6-11H,2,5,12H2,1H3,(H,25,26)/p-1. The summed E-state index contributed by atoms with van der Waals surface area (Å²) >= 11 is 0. The van der Waals surface area contributed by atoms with Gasteiger partial charge in [-0.15, -0.1) is 0 Å². The topological polar surface area (TPSA) is 92.1 Å². The van der Waals surface area contributed by atoms with E-state index in [-0.39, 0.29) is 28.8 Å². The largest absolute Gasteiger partial charge is 0.543 e. The number of Topliss-reactive ketones (excluding diaryl/α,β-unsaturated/α-hetero) is 1. The van der Waals surface area contributed by atoms with Crippen LogP contribution in [0.4, 0.5) is 0 Å². The molecule has 0 fully saturated rings. The van der Waals surface area contributed by atoms with Gasteiger partial charge in [0, 0.05) is 10.9 Å². The first kappa shape index (κ1) is 17.5. The van der Waals surface area contributed by atoms with Crippen molar-refractivity contribution in [3.05, 3.63) is 75.7 Å². The van der Waals surface area contributed by atoms with Gasteiger partial charge in [-0.2, -0.15) is 5.10 Å². The van der Waals surface area contributed by atoms with Crippen molar-refractivity contribution >= 4 is 22.5 Å². The maximum atomic E-state index is 12.5. The fourth-order valence-corrected chi connectivity index (χ4v) is 2.87. The van der Waals surface area contributed by atoms with Crippen LogP contribution in [0, 0.1) is 0 Å². The Morgan fingerprint density at radius 2 is 1.69 bits per heavy atom. The number of aryl methyl sites for hydroxylation is 1. The fraction of sp³-hybridized carbons (Fsp3) is 0.200. The van der Waals surface area contributed by atoms with E-state index in [4.69, 9.17) is 0 Å². The number of ketones is 1. The minimum atomic E-state index is -1.49. The number of hydrogen-bond donors (Lipinski definition) is 0. The number of carboxylic acid groups (broad SMARTS) is 1. The first-order valence-electron chi connectivity index (χ1n) is 8.34. The molecule has 3 rings (SSSR count). The molecule has 0 unspecified atom stereocenters. The van der Waals surface area contributed by atoms with Crippen LogP contribution in [0.3, 0.4) is 0 Å². The van der Waals surface area contributed by atoms with Crippen molar-refractivity contribution in [2.45, 2.75) is 26.3 Å². The molecule has 0 saturated carbocycles. The molecule has 6 heteroatoms. The summed E-state index contributed by atoms with van der Waals surface area (Å²) < 4.78 is 0.885. The van der Waals surface area contributed by atoms with Crippen LogP contribution < -0.4 is 10.7 Å². The van der Waals surface area contributed by atoms with Gasteiger partial charge in [-0.3, -0.25) is 9.59 Å². The Hall–Kier alpha value is -3.28. The zero-order valence-corrected chi connectivity index (χ0v) is 14.3. The lowest BCUT2D eigenvalue weighted by molar-refractivity contribution is -0.255. The van der Waals surface area contributed by atoms with Gasteiger partial charge in [-0.05, 0) is 18.1 Å². The smallest absolute Gasteiger partial charge is 0.275 e. The second kappa shape index (κ2) is 7.31. The van der Waals surface area contributed by atoms with Crippen LogP contribution in [0.25, 0.3) is 10.8 Å². The van der Waals surface area contributed by atoms with Gasteiger partial charge in [-0.25, -0.2) is 4.68 Å². The summed E-state index contributed by atoms with van der Waals surface area (Å²) in [5.41, 5.74) is 0.707. The highest BCUT2D eigenvalue weighted by atomic mass is 16.4. The van der Waals surface area contributed by atoms with E-state index in [0.717, 1.165) is 23.1 Å². The van der Waals surface area contributed by atoms with Crippen LogP contribution in [0.15, 0.2) is 53.3 Å². The molecule has 0 bridgehead atoms. The van der Waals surface area contributed by atoms with Gasteiger partial charge >= 0.3 is 0 Å². The Bertz CT molecular complexity index is 1040. The Morgan fingerprint density at radius 3 is 2.31 bits per heavy atom. The van der Waals surface area contributed by atoms with Gasteiger partial charge in [0.1, 0.15) is 12.2 Å². The van der Waals surface area contributed by atoms with Crippen molar-refractivity contribution in [1.82, 2.24) is 9.78 Å². The molecule has 1 aromatic heterocycles. The number of rotatable bonds is 6. The molecule has 0 aliphatic rings. The summed E-state index contributed by atoms with van der Waals surface area (Å²) in [6.07, 6.45) is 1.94. The van der Waals surface area contributed by atoms with Crippen LogP contribution in [-0.4, -0.2) is 21.5 Å². The van der Waals surface area contributed by atoms with Crippen molar-refractivity contribution in [3.63, 3.8) is 0 Å². The highest BCUT2D eigenvalue weighted by Gasteiger charge is 2.14.